The maximum Gasteiger partial charge on any atom is 0.236 e. The Morgan fingerprint density at radius 3 is 2.19 bits per heavy atom. The van der Waals surface area contributed by atoms with Crippen LogP contribution in [0.3, 0.4) is 0 Å². The second kappa shape index (κ2) is 8.44. The van der Waals surface area contributed by atoms with Crippen molar-refractivity contribution in [3.05, 3.63) is 24.3 Å². The highest BCUT2D eigenvalue weighted by Gasteiger charge is 2.27. The second-order valence-corrected chi connectivity index (χ2v) is 7.91. The minimum atomic E-state index is -0.310. The van der Waals surface area contributed by atoms with E-state index >= 15 is 0 Å². The summed E-state index contributed by atoms with van der Waals surface area (Å²) in [6.07, 6.45) is 0. The number of nitrogens with two attached hydrogens (primary N) is 1. The van der Waals surface area contributed by atoms with Gasteiger partial charge in [-0.1, -0.05) is 11.8 Å². The van der Waals surface area contributed by atoms with Crippen molar-refractivity contribution >= 4 is 17.7 Å². The number of hydrogen-bond acceptors (Lipinski definition) is 6. The van der Waals surface area contributed by atoms with Gasteiger partial charge in [0.1, 0.15) is 5.75 Å². The zero-order valence-corrected chi connectivity index (χ0v) is 16.9. The lowest BCUT2D eigenvalue weighted by molar-refractivity contribution is -0.133. The highest BCUT2D eigenvalue weighted by molar-refractivity contribution is 8.00. The number of aromatic nitrogens is 3. The average Bonchev–Trinajstić information content (AvgIpc) is 2.95. The largest absolute Gasteiger partial charge is 0.497 e. The standard InChI is InChI=1S/C18H27N5O2S/c1-11(2)22(12(3)4)17(24)13(5)26-18-21-20-16(23(18)19)14-7-9-15(25-6)10-8-14/h7-13H,19H2,1-6H3/t13-/m0/s1. The maximum atomic E-state index is 12.8. The van der Waals surface area contributed by atoms with Crippen molar-refractivity contribution in [2.45, 2.75) is 57.1 Å². The molecule has 1 heterocycles. The van der Waals surface area contributed by atoms with Gasteiger partial charge in [0, 0.05) is 17.6 Å². The number of nitrogen functional groups attached to an aromatic ring is 1. The van der Waals surface area contributed by atoms with Gasteiger partial charge in [0.15, 0.2) is 5.82 Å². The van der Waals surface area contributed by atoms with Crippen molar-refractivity contribution in [3.63, 3.8) is 0 Å². The van der Waals surface area contributed by atoms with Crippen molar-refractivity contribution in [2.24, 2.45) is 0 Å². The zero-order chi connectivity index (χ0) is 19.4. The Bertz CT molecular complexity index is 735. The van der Waals surface area contributed by atoms with Gasteiger partial charge in [-0.25, -0.2) is 4.68 Å². The summed E-state index contributed by atoms with van der Waals surface area (Å²) in [5.74, 6) is 7.53. The number of benzene rings is 1. The van der Waals surface area contributed by atoms with Gasteiger partial charge in [-0.15, -0.1) is 10.2 Å². The molecule has 0 saturated carbocycles. The Morgan fingerprint density at radius 1 is 1.12 bits per heavy atom. The SMILES string of the molecule is COc1ccc(-c2nnc(S[C@@H](C)C(=O)N(C(C)C)C(C)C)n2N)cc1. The van der Waals surface area contributed by atoms with Crippen LogP contribution in [0.5, 0.6) is 5.75 Å². The van der Waals surface area contributed by atoms with Crippen LogP contribution in [0.2, 0.25) is 0 Å². The van der Waals surface area contributed by atoms with Crippen molar-refractivity contribution < 1.29 is 9.53 Å². The van der Waals surface area contributed by atoms with Crippen molar-refractivity contribution in [1.29, 1.82) is 0 Å². The van der Waals surface area contributed by atoms with Gasteiger partial charge in [-0.3, -0.25) is 4.79 Å². The summed E-state index contributed by atoms with van der Waals surface area (Å²) in [7, 11) is 1.62. The van der Waals surface area contributed by atoms with Crippen LogP contribution in [0.25, 0.3) is 11.4 Å². The topological polar surface area (TPSA) is 86.3 Å². The number of rotatable bonds is 7. The summed E-state index contributed by atoms with van der Waals surface area (Å²) in [6.45, 7) is 9.93. The molecule has 0 spiro atoms. The molecule has 0 unspecified atom stereocenters. The number of nitrogens with zero attached hydrogens (tertiary/aromatic N) is 4. The summed E-state index contributed by atoms with van der Waals surface area (Å²) in [5.41, 5.74) is 0.831. The van der Waals surface area contributed by atoms with E-state index in [1.807, 2.05) is 63.8 Å². The third-order valence-electron chi connectivity index (χ3n) is 4.01. The molecule has 0 saturated heterocycles. The Morgan fingerprint density at radius 2 is 1.69 bits per heavy atom. The minimum Gasteiger partial charge on any atom is -0.497 e. The van der Waals surface area contributed by atoms with E-state index < -0.39 is 0 Å². The average molecular weight is 378 g/mol. The Kier molecular flexibility index (Phi) is 6.52. The summed E-state index contributed by atoms with van der Waals surface area (Å²) in [4.78, 5) is 14.7. The van der Waals surface area contributed by atoms with E-state index in [-0.39, 0.29) is 23.2 Å². The molecule has 0 aliphatic rings. The molecule has 142 valence electrons. The molecule has 2 aromatic rings. The summed E-state index contributed by atoms with van der Waals surface area (Å²) in [6, 6.07) is 7.69. The van der Waals surface area contributed by atoms with Crippen LogP contribution in [0.15, 0.2) is 29.4 Å². The lowest BCUT2D eigenvalue weighted by atomic mass is 10.2. The van der Waals surface area contributed by atoms with Crippen LogP contribution in [0.1, 0.15) is 34.6 Å². The van der Waals surface area contributed by atoms with Gasteiger partial charge in [-0.2, -0.15) is 0 Å². The monoisotopic (exact) mass is 377 g/mol. The molecule has 0 aliphatic carbocycles. The Labute approximate surface area is 158 Å². The minimum absolute atomic E-state index is 0.0639. The number of ether oxygens (including phenoxy) is 1. The normalized spacial score (nSPS) is 12.5. The molecule has 0 radical (unpaired) electrons. The molecule has 1 atom stereocenters. The third-order valence-corrected chi connectivity index (χ3v) is 5.05. The first-order chi connectivity index (χ1) is 12.3. The zero-order valence-electron chi connectivity index (χ0n) is 16.1. The fraction of sp³-hybridized carbons (Fsp3) is 0.500. The number of carbonyl (C=O) groups excluding carboxylic acids is 1. The molecule has 8 heteroatoms. The van der Waals surface area contributed by atoms with E-state index in [1.165, 1.54) is 16.4 Å². The van der Waals surface area contributed by atoms with Gasteiger partial charge in [0.2, 0.25) is 11.1 Å². The molecule has 1 aromatic carbocycles. The smallest absolute Gasteiger partial charge is 0.236 e. The lowest BCUT2D eigenvalue weighted by Gasteiger charge is -2.32. The molecule has 1 amide bonds. The number of hydrogen-bond donors (Lipinski definition) is 1. The highest BCUT2D eigenvalue weighted by Crippen LogP contribution is 2.27. The van der Waals surface area contributed by atoms with Crippen molar-refractivity contribution in [2.75, 3.05) is 13.0 Å². The number of amides is 1. The Balaban J connectivity index is 2.17. The molecule has 0 fully saturated rings. The molecule has 0 aliphatic heterocycles. The molecule has 7 nitrogen and oxygen atoms in total. The summed E-state index contributed by atoms with van der Waals surface area (Å²) in [5, 5.41) is 8.52. The first-order valence-electron chi connectivity index (χ1n) is 8.60. The quantitative estimate of drug-likeness (QED) is 0.590. The second-order valence-electron chi connectivity index (χ2n) is 6.60. The van der Waals surface area contributed by atoms with Crippen LogP contribution < -0.4 is 10.6 Å². The van der Waals surface area contributed by atoms with Gasteiger partial charge in [-0.05, 0) is 58.9 Å². The third kappa shape index (κ3) is 4.30. The molecular weight excluding hydrogens is 350 g/mol. The van der Waals surface area contributed by atoms with E-state index in [1.54, 1.807) is 7.11 Å². The number of thioether (sulfide) groups is 1. The van der Waals surface area contributed by atoms with Gasteiger partial charge >= 0.3 is 0 Å². The van der Waals surface area contributed by atoms with Gasteiger partial charge in [0.05, 0.1) is 12.4 Å². The van der Waals surface area contributed by atoms with E-state index in [0.717, 1.165) is 11.3 Å². The Hall–Kier alpha value is -2.22. The van der Waals surface area contributed by atoms with E-state index in [9.17, 15) is 4.79 Å². The lowest BCUT2D eigenvalue weighted by Crippen LogP contribution is -2.45. The maximum absolute atomic E-state index is 12.8. The summed E-state index contributed by atoms with van der Waals surface area (Å²) >= 11 is 1.31. The molecule has 26 heavy (non-hydrogen) atoms. The van der Waals surface area contributed by atoms with E-state index in [4.69, 9.17) is 10.6 Å². The first-order valence-corrected chi connectivity index (χ1v) is 9.48. The van der Waals surface area contributed by atoms with Crippen molar-refractivity contribution in [3.8, 4) is 17.1 Å². The fourth-order valence-electron chi connectivity index (χ4n) is 2.82. The summed E-state index contributed by atoms with van der Waals surface area (Å²) < 4.78 is 6.58. The van der Waals surface area contributed by atoms with Crippen LogP contribution in [0.4, 0.5) is 0 Å². The molecule has 2 rings (SSSR count). The van der Waals surface area contributed by atoms with Crippen LogP contribution >= 0.6 is 11.8 Å². The molecule has 0 bridgehead atoms. The van der Waals surface area contributed by atoms with Crippen LogP contribution in [-0.4, -0.2) is 50.1 Å². The highest BCUT2D eigenvalue weighted by atomic mass is 32.2. The molecule has 2 N–H and O–H groups in total. The van der Waals surface area contributed by atoms with E-state index in [2.05, 4.69) is 10.2 Å². The van der Waals surface area contributed by atoms with Crippen molar-refractivity contribution in [1.82, 2.24) is 19.8 Å². The van der Waals surface area contributed by atoms with Gasteiger partial charge < -0.3 is 15.5 Å². The van der Waals surface area contributed by atoms with Crippen LogP contribution in [-0.2, 0) is 4.79 Å². The molecular formula is C18H27N5O2S. The fourth-order valence-corrected chi connectivity index (χ4v) is 3.64. The van der Waals surface area contributed by atoms with Gasteiger partial charge in [0.25, 0.3) is 0 Å². The molecule has 1 aromatic heterocycles. The van der Waals surface area contributed by atoms with E-state index in [0.29, 0.717) is 11.0 Å². The first kappa shape index (κ1) is 20.1. The number of methoxy groups -OCH3 is 1. The predicted octanol–water partition coefficient (Wildman–Crippen LogP) is 2.79. The predicted molar refractivity (Wildman–Crippen MR) is 105 cm³/mol. The number of carbonyl (C=O) groups is 1. The van der Waals surface area contributed by atoms with Crippen LogP contribution in [0, 0.1) is 0 Å².